The molecular formula is C16H23N5OS. The Balaban J connectivity index is 1.50. The van der Waals surface area contributed by atoms with Crippen LogP contribution in [0.2, 0.25) is 0 Å². The first-order valence-corrected chi connectivity index (χ1v) is 9.06. The summed E-state index contributed by atoms with van der Waals surface area (Å²) in [5.74, 6) is 0.556. The highest BCUT2D eigenvalue weighted by atomic mass is 32.1. The largest absolute Gasteiger partial charge is 0.340 e. The van der Waals surface area contributed by atoms with Gasteiger partial charge in [-0.3, -0.25) is 5.32 Å². The lowest BCUT2D eigenvalue weighted by Gasteiger charge is -2.10. The third kappa shape index (κ3) is 4.54. The Kier molecular flexibility index (Phi) is 5.27. The number of nitrogens with zero attached hydrogens (tertiary/aromatic N) is 3. The van der Waals surface area contributed by atoms with Crippen molar-refractivity contribution in [1.29, 1.82) is 0 Å². The Morgan fingerprint density at radius 3 is 2.83 bits per heavy atom. The smallest absolute Gasteiger partial charge is 0.321 e. The maximum absolute atomic E-state index is 11.9. The first-order valence-electron chi connectivity index (χ1n) is 8.18. The molecule has 23 heavy (non-hydrogen) atoms. The lowest BCUT2D eigenvalue weighted by Crippen LogP contribution is -2.28. The number of carbonyl (C=O) groups excluding carboxylic acids is 1. The highest BCUT2D eigenvalue weighted by Crippen LogP contribution is 2.33. The summed E-state index contributed by atoms with van der Waals surface area (Å²) >= 11 is 1.50. The molecule has 0 bridgehead atoms. The van der Waals surface area contributed by atoms with Crippen LogP contribution < -0.4 is 10.6 Å². The molecule has 0 spiro atoms. The SMILES string of the molecule is Cn1cnc(CNC(=O)Nc2nc(C3CCCCCC3)cs2)c1. The molecule has 2 heterocycles. The van der Waals surface area contributed by atoms with Crippen LogP contribution in [0.3, 0.4) is 0 Å². The number of nitrogens with one attached hydrogen (secondary N) is 2. The van der Waals surface area contributed by atoms with Crippen molar-refractivity contribution in [2.24, 2.45) is 7.05 Å². The minimum absolute atomic E-state index is 0.239. The molecule has 0 radical (unpaired) electrons. The molecule has 0 atom stereocenters. The highest BCUT2D eigenvalue weighted by Gasteiger charge is 2.17. The standard InChI is InChI=1S/C16H23N5OS/c1-21-9-13(18-11-21)8-17-15(22)20-16-19-14(10-23-16)12-6-4-2-3-5-7-12/h9-12H,2-8H2,1H3,(H2,17,19,20,22). The molecule has 6 nitrogen and oxygen atoms in total. The molecule has 2 N–H and O–H groups in total. The van der Waals surface area contributed by atoms with E-state index in [2.05, 4.69) is 26.0 Å². The summed E-state index contributed by atoms with van der Waals surface area (Å²) in [7, 11) is 1.90. The Bertz CT molecular complexity index is 642. The van der Waals surface area contributed by atoms with Gasteiger partial charge >= 0.3 is 6.03 Å². The van der Waals surface area contributed by atoms with Gasteiger partial charge in [0.05, 0.1) is 24.3 Å². The van der Waals surface area contributed by atoms with Crippen LogP contribution in [0.25, 0.3) is 0 Å². The summed E-state index contributed by atoms with van der Waals surface area (Å²) in [6, 6.07) is -0.239. The molecule has 2 aromatic heterocycles. The zero-order valence-electron chi connectivity index (χ0n) is 13.4. The van der Waals surface area contributed by atoms with Gasteiger partial charge in [0.2, 0.25) is 0 Å². The summed E-state index contributed by atoms with van der Waals surface area (Å²) in [5.41, 5.74) is 1.97. The van der Waals surface area contributed by atoms with E-state index in [0.29, 0.717) is 17.6 Å². The van der Waals surface area contributed by atoms with E-state index in [9.17, 15) is 4.79 Å². The maximum atomic E-state index is 11.9. The summed E-state index contributed by atoms with van der Waals surface area (Å²) < 4.78 is 1.86. The number of hydrogen-bond acceptors (Lipinski definition) is 4. The van der Waals surface area contributed by atoms with E-state index in [0.717, 1.165) is 11.4 Å². The molecule has 0 aliphatic heterocycles. The van der Waals surface area contributed by atoms with Crippen LogP contribution in [-0.4, -0.2) is 20.6 Å². The van der Waals surface area contributed by atoms with Crippen molar-refractivity contribution in [3.05, 3.63) is 29.3 Å². The van der Waals surface area contributed by atoms with Gasteiger partial charge in [-0.25, -0.2) is 14.8 Å². The van der Waals surface area contributed by atoms with Gasteiger partial charge in [0.15, 0.2) is 5.13 Å². The van der Waals surface area contributed by atoms with Gasteiger partial charge < -0.3 is 9.88 Å². The van der Waals surface area contributed by atoms with E-state index in [-0.39, 0.29) is 6.03 Å². The molecule has 0 aromatic carbocycles. The molecule has 1 aliphatic carbocycles. The van der Waals surface area contributed by atoms with Crippen molar-refractivity contribution in [3.63, 3.8) is 0 Å². The molecule has 3 rings (SSSR count). The van der Waals surface area contributed by atoms with Gasteiger partial charge in [0.25, 0.3) is 0 Å². The Labute approximate surface area is 140 Å². The molecule has 2 amide bonds. The first kappa shape index (κ1) is 16.0. The van der Waals surface area contributed by atoms with Crippen molar-refractivity contribution >= 4 is 22.5 Å². The Hall–Kier alpha value is -1.89. The second-order valence-electron chi connectivity index (χ2n) is 6.10. The van der Waals surface area contributed by atoms with Gasteiger partial charge in [0.1, 0.15) is 0 Å². The van der Waals surface area contributed by atoms with E-state index in [1.807, 2.05) is 17.8 Å². The van der Waals surface area contributed by atoms with Crippen LogP contribution in [0.15, 0.2) is 17.9 Å². The van der Waals surface area contributed by atoms with Crippen molar-refractivity contribution in [3.8, 4) is 0 Å². The van der Waals surface area contributed by atoms with Gasteiger partial charge in [-0.05, 0) is 12.8 Å². The van der Waals surface area contributed by atoms with Crippen LogP contribution in [0.1, 0.15) is 55.8 Å². The van der Waals surface area contributed by atoms with Crippen molar-refractivity contribution in [1.82, 2.24) is 19.9 Å². The summed E-state index contributed by atoms with van der Waals surface area (Å²) in [4.78, 5) is 20.7. The monoisotopic (exact) mass is 333 g/mol. The molecule has 1 aliphatic rings. The Morgan fingerprint density at radius 2 is 2.13 bits per heavy atom. The number of aryl methyl sites for hydroxylation is 1. The summed E-state index contributed by atoms with van der Waals surface area (Å²) in [6.45, 7) is 0.410. The summed E-state index contributed by atoms with van der Waals surface area (Å²) in [6.07, 6.45) is 11.3. The van der Waals surface area contributed by atoms with Crippen molar-refractivity contribution in [2.45, 2.75) is 51.0 Å². The van der Waals surface area contributed by atoms with Gasteiger partial charge in [0, 0.05) is 24.5 Å². The number of urea groups is 1. The molecule has 2 aromatic rings. The van der Waals surface area contributed by atoms with Crippen molar-refractivity contribution in [2.75, 3.05) is 5.32 Å². The topological polar surface area (TPSA) is 71.8 Å². The van der Waals surface area contributed by atoms with E-state index in [1.54, 1.807) is 6.33 Å². The van der Waals surface area contributed by atoms with Crippen LogP contribution in [0.5, 0.6) is 0 Å². The fourth-order valence-corrected chi connectivity index (χ4v) is 3.76. The van der Waals surface area contributed by atoms with Crippen LogP contribution in [0.4, 0.5) is 9.93 Å². The van der Waals surface area contributed by atoms with Gasteiger partial charge in [-0.2, -0.15) is 0 Å². The number of aromatic nitrogens is 3. The number of imidazole rings is 1. The molecule has 0 saturated heterocycles. The zero-order chi connectivity index (χ0) is 16.1. The number of rotatable bonds is 4. The van der Waals surface area contributed by atoms with Gasteiger partial charge in [-0.15, -0.1) is 11.3 Å². The van der Waals surface area contributed by atoms with E-state index >= 15 is 0 Å². The predicted octanol–water partition coefficient (Wildman–Crippen LogP) is 3.64. The zero-order valence-corrected chi connectivity index (χ0v) is 14.2. The molecule has 1 fully saturated rings. The van der Waals surface area contributed by atoms with Crippen molar-refractivity contribution < 1.29 is 4.79 Å². The minimum Gasteiger partial charge on any atom is -0.340 e. The molecule has 1 saturated carbocycles. The lowest BCUT2D eigenvalue weighted by atomic mass is 9.98. The van der Waals surface area contributed by atoms with E-state index < -0.39 is 0 Å². The molecule has 7 heteroatoms. The van der Waals surface area contributed by atoms with E-state index in [1.165, 1.54) is 49.9 Å². The molecule has 124 valence electrons. The highest BCUT2D eigenvalue weighted by molar-refractivity contribution is 7.13. The Morgan fingerprint density at radius 1 is 1.35 bits per heavy atom. The maximum Gasteiger partial charge on any atom is 0.321 e. The predicted molar refractivity (Wildman–Crippen MR) is 91.6 cm³/mol. The third-order valence-corrected chi connectivity index (χ3v) is 4.98. The third-order valence-electron chi connectivity index (χ3n) is 4.20. The van der Waals surface area contributed by atoms with E-state index in [4.69, 9.17) is 0 Å². The minimum atomic E-state index is -0.239. The fourth-order valence-electron chi connectivity index (χ4n) is 2.98. The lowest BCUT2D eigenvalue weighted by molar-refractivity contribution is 0.251. The number of hydrogen-bond donors (Lipinski definition) is 2. The normalized spacial score (nSPS) is 16.0. The fraction of sp³-hybridized carbons (Fsp3) is 0.562. The van der Waals surface area contributed by atoms with Crippen LogP contribution in [0, 0.1) is 0 Å². The van der Waals surface area contributed by atoms with Gasteiger partial charge in [-0.1, -0.05) is 25.7 Å². The average molecular weight is 333 g/mol. The molecule has 0 unspecified atom stereocenters. The van der Waals surface area contributed by atoms with Crippen LogP contribution >= 0.6 is 11.3 Å². The number of thiazole rings is 1. The second-order valence-corrected chi connectivity index (χ2v) is 6.96. The number of anilines is 1. The number of carbonyl (C=O) groups is 1. The number of amides is 2. The second kappa shape index (κ2) is 7.59. The average Bonchev–Trinajstić information content (AvgIpc) is 3.07. The summed E-state index contributed by atoms with van der Waals surface area (Å²) in [5, 5.41) is 8.37. The molecular weight excluding hydrogens is 310 g/mol. The quantitative estimate of drug-likeness (QED) is 0.839. The van der Waals surface area contributed by atoms with Crippen LogP contribution in [-0.2, 0) is 13.6 Å². The first-order chi connectivity index (χ1) is 11.2.